The molecule has 106 valence electrons. The Morgan fingerprint density at radius 3 is 2.65 bits per heavy atom. The molecule has 0 bridgehead atoms. The van der Waals surface area contributed by atoms with E-state index in [1.165, 1.54) is 43.5 Å². The van der Waals surface area contributed by atoms with Crippen molar-refractivity contribution in [3.05, 3.63) is 47.9 Å². The maximum absolute atomic E-state index is 13.4. The van der Waals surface area contributed by atoms with Crippen molar-refractivity contribution in [3.8, 4) is 0 Å². The second-order valence-electron chi connectivity index (χ2n) is 4.12. The lowest BCUT2D eigenvalue weighted by Gasteiger charge is -2.13. The van der Waals surface area contributed by atoms with Gasteiger partial charge in [-0.05, 0) is 31.2 Å². The molecule has 2 rings (SSSR count). The van der Waals surface area contributed by atoms with Gasteiger partial charge in [0, 0.05) is 18.8 Å². The molecule has 1 aromatic carbocycles. The lowest BCUT2D eigenvalue weighted by molar-refractivity contribution is 0.600. The average Bonchev–Trinajstić information content (AvgIpc) is 2.43. The zero-order valence-electron chi connectivity index (χ0n) is 11.0. The number of halogens is 1. The van der Waals surface area contributed by atoms with Gasteiger partial charge in [0.1, 0.15) is 16.5 Å². The topological polar surface area (TPSA) is 71.1 Å². The average molecular weight is 295 g/mol. The van der Waals surface area contributed by atoms with E-state index in [9.17, 15) is 12.8 Å². The van der Waals surface area contributed by atoms with Gasteiger partial charge in [0.2, 0.25) is 0 Å². The lowest BCUT2D eigenvalue weighted by atomic mass is 10.2. The highest BCUT2D eigenvalue weighted by atomic mass is 32.2. The van der Waals surface area contributed by atoms with Crippen molar-refractivity contribution in [2.75, 3.05) is 17.1 Å². The SMILES string of the molecule is CNc1ncccc1S(=O)(=O)Nc1cccc(F)c1C. The third-order valence-corrected chi connectivity index (χ3v) is 4.21. The van der Waals surface area contributed by atoms with Gasteiger partial charge in [-0.1, -0.05) is 6.07 Å². The van der Waals surface area contributed by atoms with Crippen LogP contribution in [-0.2, 0) is 10.0 Å². The standard InChI is InChI=1S/C13H14FN3O2S/c1-9-10(14)5-3-6-11(9)17-20(18,19)12-7-4-8-16-13(12)15-2/h3-8,17H,1-2H3,(H,15,16). The summed E-state index contributed by atoms with van der Waals surface area (Å²) in [5.41, 5.74) is 0.446. The van der Waals surface area contributed by atoms with Crippen LogP contribution in [0.25, 0.3) is 0 Å². The fraction of sp³-hybridized carbons (Fsp3) is 0.154. The van der Waals surface area contributed by atoms with Crippen LogP contribution in [0.4, 0.5) is 15.9 Å². The maximum atomic E-state index is 13.4. The molecule has 0 unspecified atom stereocenters. The molecule has 1 heterocycles. The molecule has 20 heavy (non-hydrogen) atoms. The predicted octanol–water partition coefficient (Wildman–Crippen LogP) is 2.37. The summed E-state index contributed by atoms with van der Waals surface area (Å²) in [4.78, 5) is 3.95. The summed E-state index contributed by atoms with van der Waals surface area (Å²) < 4.78 is 40.5. The van der Waals surface area contributed by atoms with Gasteiger partial charge < -0.3 is 5.32 Å². The van der Waals surface area contributed by atoms with Crippen LogP contribution in [-0.4, -0.2) is 20.4 Å². The lowest BCUT2D eigenvalue weighted by Crippen LogP contribution is -2.16. The van der Waals surface area contributed by atoms with E-state index >= 15 is 0 Å². The molecule has 1 aromatic heterocycles. The van der Waals surface area contributed by atoms with Crippen LogP contribution in [0.3, 0.4) is 0 Å². The molecule has 2 N–H and O–H groups in total. The van der Waals surface area contributed by atoms with Gasteiger partial charge in [-0.3, -0.25) is 4.72 Å². The van der Waals surface area contributed by atoms with E-state index in [0.29, 0.717) is 0 Å². The van der Waals surface area contributed by atoms with E-state index in [1.54, 1.807) is 7.05 Å². The summed E-state index contributed by atoms with van der Waals surface area (Å²) in [7, 11) is -2.26. The number of nitrogens with one attached hydrogen (secondary N) is 2. The number of sulfonamides is 1. The predicted molar refractivity (Wildman–Crippen MR) is 75.7 cm³/mol. The minimum Gasteiger partial charge on any atom is -0.372 e. The molecule has 0 atom stereocenters. The van der Waals surface area contributed by atoms with Gasteiger partial charge in [0.25, 0.3) is 10.0 Å². The van der Waals surface area contributed by atoms with Crippen LogP contribution in [0.15, 0.2) is 41.4 Å². The Balaban J connectivity index is 2.44. The first-order chi connectivity index (χ1) is 9.45. The van der Waals surface area contributed by atoms with Crippen LogP contribution >= 0.6 is 0 Å². The molecule has 0 amide bonds. The van der Waals surface area contributed by atoms with Crippen molar-refractivity contribution in [1.29, 1.82) is 0 Å². The summed E-state index contributed by atoms with van der Waals surface area (Å²) >= 11 is 0. The number of hydrogen-bond acceptors (Lipinski definition) is 4. The summed E-state index contributed by atoms with van der Waals surface area (Å²) in [6.45, 7) is 1.51. The number of hydrogen-bond donors (Lipinski definition) is 2. The van der Waals surface area contributed by atoms with Crippen molar-refractivity contribution in [1.82, 2.24) is 4.98 Å². The van der Waals surface area contributed by atoms with Crippen molar-refractivity contribution in [2.24, 2.45) is 0 Å². The summed E-state index contributed by atoms with van der Waals surface area (Å²) in [6.07, 6.45) is 1.48. The zero-order chi connectivity index (χ0) is 14.8. The quantitative estimate of drug-likeness (QED) is 0.908. The van der Waals surface area contributed by atoms with E-state index in [0.717, 1.165) is 0 Å². The van der Waals surface area contributed by atoms with E-state index in [-0.39, 0.29) is 22.0 Å². The molecule has 0 saturated carbocycles. The minimum absolute atomic E-state index is 0.00570. The molecule has 0 aliphatic heterocycles. The smallest absolute Gasteiger partial charge is 0.265 e. The molecule has 2 aromatic rings. The van der Waals surface area contributed by atoms with Gasteiger partial charge in [-0.25, -0.2) is 17.8 Å². The van der Waals surface area contributed by atoms with Crippen LogP contribution in [0, 0.1) is 12.7 Å². The third kappa shape index (κ3) is 2.72. The van der Waals surface area contributed by atoms with Crippen molar-refractivity contribution < 1.29 is 12.8 Å². The number of aromatic nitrogens is 1. The monoisotopic (exact) mass is 295 g/mol. The van der Waals surface area contributed by atoms with E-state index in [4.69, 9.17) is 0 Å². The first-order valence-electron chi connectivity index (χ1n) is 5.86. The van der Waals surface area contributed by atoms with Crippen molar-refractivity contribution in [3.63, 3.8) is 0 Å². The molecule has 7 heteroatoms. The van der Waals surface area contributed by atoms with Crippen LogP contribution in [0.5, 0.6) is 0 Å². The number of benzene rings is 1. The van der Waals surface area contributed by atoms with Crippen LogP contribution < -0.4 is 10.0 Å². The number of pyridine rings is 1. The normalized spacial score (nSPS) is 11.2. The molecule has 0 aliphatic carbocycles. The highest BCUT2D eigenvalue weighted by molar-refractivity contribution is 7.92. The van der Waals surface area contributed by atoms with Gasteiger partial charge in [-0.2, -0.15) is 0 Å². The number of anilines is 2. The molecule has 5 nitrogen and oxygen atoms in total. The Bertz CT molecular complexity index is 732. The Morgan fingerprint density at radius 2 is 1.95 bits per heavy atom. The highest BCUT2D eigenvalue weighted by Gasteiger charge is 2.20. The van der Waals surface area contributed by atoms with Crippen LogP contribution in [0.1, 0.15) is 5.56 Å². The van der Waals surface area contributed by atoms with E-state index in [1.807, 2.05) is 0 Å². The number of rotatable bonds is 4. The van der Waals surface area contributed by atoms with Gasteiger partial charge in [0.15, 0.2) is 0 Å². The fourth-order valence-corrected chi connectivity index (χ4v) is 3.00. The summed E-state index contributed by atoms with van der Waals surface area (Å²) in [5.74, 6) is -0.237. The molecular formula is C13H14FN3O2S. The minimum atomic E-state index is -3.84. The first kappa shape index (κ1) is 14.3. The third-order valence-electron chi connectivity index (χ3n) is 2.81. The second kappa shape index (κ2) is 5.46. The maximum Gasteiger partial charge on any atom is 0.265 e. The highest BCUT2D eigenvalue weighted by Crippen LogP contribution is 2.24. The Morgan fingerprint density at radius 1 is 1.20 bits per heavy atom. The molecule has 0 spiro atoms. The molecule has 0 saturated heterocycles. The van der Waals surface area contributed by atoms with E-state index in [2.05, 4.69) is 15.0 Å². The molecule has 0 aliphatic rings. The molecule has 0 fully saturated rings. The fourth-order valence-electron chi connectivity index (χ4n) is 1.71. The summed E-state index contributed by atoms with van der Waals surface area (Å²) in [6, 6.07) is 7.17. The van der Waals surface area contributed by atoms with E-state index < -0.39 is 15.8 Å². The first-order valence-corrected chi connectivity index (χ1v) is 7.34. The largest absolute Gasteiger partial charge is 0.372 e. The zero-order valence-corrected chi connectivity index (χ0v) is 11.8. The molecule has 0 radical (unpaired) electrons. The number of nitrogens with zero attached hydrogens (tertiary/aromatic N) is 1. The van der Waals surface area contributed by atoms with Crippen molar-refractivity contribution in [2.45, 2.75) is 11.8 Å². The Hall–Kier alpha value is -2.15. The van der Waals surface area contributed by atoms with Crippen LogP contribution in [0.2, 0.25) is 0 Å². The molecular weight excluding hydrogens is 281 g/mol. The van der Waals surface area contributed by atoms with Gasteiger partial charge in [0.05, 0.1) is 5.69 Å². The Labute approximate surface area is 116 Å². The van der Waals surface area contributed by atoms with Gasteiger partial charge in [-0.15, -0.1) is 0 Å². The second-order valence-corrected chi connectivity index (χ2v) is 5.77. The Kier molecular flexibility index (Phi) is 3.89. The summed E-state index contributed by atoms with van der Waals surface area (Å²) in [5, 5.41) is 2.71. The van der Waals surface area contributed by atoms with Gasteiger partial charge >= 0.3 is 0 Å². The van der Waals surface area contributed by atoms with Crippen molar-refractivity contribution >= 4 is 21.5 Å².